The lowest BCUT2D eigenvalue weighted by atomic mass is 9.92. The van der Waals surface area contributed by atoms with Gasteiger partial charge in [0.15, 0.2) is 0 Å². The van der Waals surface area contributed by atoms with Crippen molar-refractivity contribution < 1.29 is 8.42 Å². The maximum atomic E-state index is 12.8. The molecule has 0 bridgehead atoms. The fourth-order valence-corrected chi connectivity index (χ4v) is 11.6. The standard InChI is InChI=1S/C40H33NO2PS/c1-45(42,43)41-37-27-25-31-17-11-13-23-35(31)39(37)40-36-24-14-12-18-32(36)26-28-38(40)44(33-19-7-3-8-20-33,34-21-9-4-10-22-34)29-30-15-5-2-6-16-30/h2-28,41H,29H2,1H3/q+1. The van der Waals surface area contributed by atoms with E-state index < -0.39 is 17.3 Å². The van der Waals surface area contributed by atoms with Crippen molar-refractivity contribution >= 4 is 60.4 Å². The van der Waals surface area contributed by atoms with Crippen LogP contribution in [-0.2, 0) is 16.2 Å². The molecular formula is C40H33NO2PS+. The van der Waals surface area contributed by atoms with Gasteiger partial charge in [0.25, 0.3) is 0 Å². The number of hydrogen-bond donors (Lipinski definition) is 1. The van der Waals surface area contributed by atoms with Crippen molar-refractivity contribution in [2.45, 2.75) is 6.16 Å². The summed E-state index contributed by atoms with van der Waals surface area (Å²) in [7, 11) is -5.98. The molecule has 7 rings (SSSR count). The lowest BCUT2D eigenvalue weighted by molar-refractivity contribution is 0.607. The molecule has 0 aliphatic carbocycles. The molecule has 45 heavy (non-hydrogen) atoms. The van der Waals surface area contributed by atoms with E-state index in [4.69, 9.17) is 0 Å². The second-order valence-corrected chi connectivity index (χ2v) is 16.6. The molecule has 220 valence electrons. The smallest absolute Gasteiger partial charge is 0.229 e. The van der Waals surface area contributed by atoms with E-state index in [-0.39, 0.29) is 0 Å². The predicted molar refractivity (Wildman–Crippen MR) is 194 cm³/mol. The van der Waals surface area contributed by atoms with Crippen LogP contribution < -0.4 is 20.6 Å². The van der Waals surface area contributed by atoms with Crippen LogP contribution in [0.4, 0.5) is 5.69 Å². The van der Waals surface area contributed by atoms with Crippen LogP contribution in [0.5, 0.6) is 0 Å². The van der Waals surface area contributed by atoms with E-state index >= 15 is 0 Å². The maximum Gasteiger partial charge on any atom is 0.229 e. The summed E-state index contributed by atoms with van der Waals surface area (Å²) in [6.07, 6.45) is 2.03. The van der Waals surface area contributed by atoms with E-state index in [1.54, 1.807) is 0 Å². The molecule has 0 aliphatic heterocycles. The SMILES string of the molecule is CS(=O)(=O)Nc1ccc2ccccc2c1-c1c([P+](Cc2ccccc2)(c2ccccc2)c2ccccc2)ccc2ccccc12. The van der Waals surface area contributed by atoms with Crippen LogP contribution in [0.2, 0.25) is 0 Å². The Bertz CT molecular complexity index is 2200. The molecule has 0 fully saturated rings. The minimum atomic E-state index is -3.57. The molecule has 7 aromatic rings. The molecule has 0 amide bonds. The molecule has 0 saturated heterocycles. The van der Waals surface area contributed by atoms with Gasteiger partial charge in [-0.1, -0.05) is 127 Å². The van der Waals surface area contributed by atoms with Gasteiger partial charge in [0.05, 0.1) is 18.1 Å². The summed E-state index contributed by atoms with van der Waals surface area (Å²) in [4.78, 5) is 0. The van der Waals surface area contributed by atoms with Gasteiger partial charge in [0, 0.05) is 11.1 Å². The number of benzene rings is 7. The second-order valence-electron chi connectivity index (χ2n) is 11.4. The molecule has 1 N–H and O–H groups in total. The van der Waals surface area contributed by atoms with Crippen LogP contribution in [-0.4, -0.2) is 14.7 Å². The fourth-order valence-electron chi connectivity index (χ4n) is 6.58. The van der Waals surface area contributed by atoms with Gasteiger partial charge in [0.1, 0.15) is 23.2 Å². The number of rotatable bonds is 8. The van der Waals surface area contributed by atoms with Gasteiger partial charge in [-0.2, -0.15) is 0 Å². The third-order valence-corrected chi connectivity index (χ3v) is 13.4. The Morgan fingerprint density at radius 1 is 0.511 bits per heavy atom. The Labute approximate surface area is 265 Å². The van der Waals surface area contributed by atoms with Crippen LogP contribution in [0.15, 0.2) is 164 Å². The van der Waals surface area contributed by atoms with Crippen LogP contribution in [0.3, 0.4) is 0 Å². The Morgan fingerprint density at radius 3 is 1.53 bits per heavy atom. The summed E-state index contributed by atoms with van der Waals surface area (Å²) < 4.78 is 28.6. The van der Waals surface area contributed by atoms with Crippen molar-refractivity contribution in [3.05, 3.63) is 169 Å². The van der Waals surface area contributed by atoms with Crippen molar-refractivity contribution in [1.29, 1.82) is 0 Å². The number of fused-ring (bicyclic) bond motifs is 2. The summed E-state index contributed by atoms with van der Waals surface area (Å²) in [6.45, 7) is 0. The van der Waals surface area contributed by atoms with Gasteiger partial charge in [-0.25, -0.2) is 8.42 Å². The third kappa shape index (κ3) is 5.53. The van der Waals surface area contributed by atoms with Gasteiger partial charge in [-0.3, -0.25) is 4.72 Å². The predicted octanol–water partition coefficient (Wildman–Crippen LogP) is 8.53. The van der Waals surface area contributed by atoms with Gasteiger partial charge in [-0.15, -0.1) is 0 Å². The lowest BCUT2D eigenvalue weighted by Crippen LogP contribution is -2.34. The zero-order chi connectivity index (χ0) is 30.9. The zero-order valence-corrected chi connectivity index (χ0v) is 26.7. The Morgan fingerprint density at radius 2 is 0.978 bits per heavy atom. The summed E-state index contributed by atoms with van der Waals surface area (Å²) >= 11 is 0. The molecule has 0 aromatic heterocycles. The van der Waals surface area contributed by atoms with Crippen molar-refractivity contribution in [3.63, 3.8) is 0 Å². The van der Waals surface area contributed by atoms with Crippen molar-refractivity contribution in [3.8, 4) is 11.1 Å². The molecule has 0 radical (unpaired) electrons. The second kappa shape index (κ2) is 12.0. The van der Waals surface area contributed by atoms with E-state index in [1.165, 1.54) is 27.7 Å². The quantitative estimate of drug-likeness (QED) is 0.173. The largest absolute Gasteiger partial charge is 0.283 e. The minimum absolute atomic E-state index is 0.577. The number of sulfonamides is 1. The minimum Gasteiger partial charge on any atom is -0.283 e. The van der Waals surface area contributed by atoms with Gasteiger partial charge >= 0.3 is 0 Å². The number of anilines is 1. The average molecular weight is 623 g/mol. The van der Waals surface area contributed by atoms with E-state index in [1.807, 2.05) is 24.3 Å². The molecule has 0 unspecified atom stereocenters. The third-order valence-electron chi connectivity index (χ3n) is 8.45. The van der Waals surface area contributed by atoms with E-state index in [9.17, 15) is 8.42 Å². The average Bonchev–Trinajstić information content (AvgIpc) is 3.07. The molecule has 0 aliphatic rings. The van der Waals surface area contributed by atoms with Crippen LogP contribution in [0.1, 0.15) is 5.56 Å². The fraction of sp³-hybridized carbons (Fsp3) is 0.0500. The Balaban J connectivity index is 1.70. The molecular weight excluding hydrogens is 589 g/mol. The molecule has 5 heteroatoms. The first-order valence-corrected chi connectivity index (χ1v) is 18.9. The maximum absolute atomic E-state index is 12.8. The highest BCUT2D eigenvalue weighted by Gasteiger charge is 2.48. The molecule has 7 aromatic carbocycles. The van der Waals surface area contributed by atoms with E-state index in [0.717, 1.165) is 38.8 Å². The highest BCUT2D eigenvalue weighted by molar-refractivity contribution is 7.95. The normalized spacial score (nSPS) is 11.9. The zero-order valence-electron chi connectivity index (χ0n) is 25.0. The highest BCUT2D eigenvalue weighted by Crippen LogP contribution is 2.61. The molecule has 3 nitrogen and oxygen atoms in total. The van der Waals surface area contributed by atoms with E-state index in [2.05, 4.69) is 144 Å². The Hall–Kier alpha value is -4.76. The van der Waals surface area contributed by atoms with Crippen LogP contribution in [0, 0.1) is 0 Å². The van der Waals surface area contributed by atoms with Crippen molar-refractivity contribution in [2.24, 2.45) is 0 Å². The Kier molecular flexibility index (Phi) is 7.71. The molecule has 0 spiro atoms. The van der Waals surface area contributed by atoms with Crippen molar-refractivity contribution in [1.82, 2.24) is 0 Å². The van der Waals surface area contributed by atoms with Crippen LogP contribution in [0.25, 0.3) is 32.7 Å². The molecule has 0 saturated carbocycles. The lowest BCUT2D eigenvalue weighted by Gasteiger charge is -2.31. The van der Waals surface area contributed by atoms with E-state index in [0.29, 0.717) is 5.69 Å². The monoisotopic (exact) mass is 622 g/mol. The van der Waals surface area contributed by atoms with Gasteiger partial charge in [0.2, 0.25) is 10.0 Å². The molecule has 0 atom stereocenters. The first kappa shape index (κ1) is 29.0. The number of hydrogen-bond acceptors (Lipinski definition) is 2. The van der Waals surface area contributed by atoms with Crippen LogP contribution >= 0.6 is 7.26 Å². The number of nitrogens with one attached hydrogen (secondary N) is 1. The first-order valence-electron chi connectivity index (χ1n) is 15.0. The topological polar surface area (TPSA) is 46.2 Å². The first-order chi connectivity index (χ1) is 21.9. The van der Waals surface area contributed by atoms with Gasteiger partial charge in [-0.05, 0) is 63.5 Å². The summed E-state index contributed by atoms with van der Waals surface area (Å²) in [5, 5.41) is 8.01. The van der Waals surface area contributed by atoms with Gasteiger partial charge < -0.3 is 0 Å². The van der Waals surface area contributed by atoms with Crippen molar-refractivity contribution in [2.75, 3.05) is 11.0 Å². The summed E-state index contributed by atoms with van der Waals surface area (Å²) in [5.41, 5.74) is 3.79. The summed E-state index contributed by atoms with van der Waals surface area (Å²) in [5.74, 6) is 0. The highest BCUT2D eigenvalue weighted by atomic mass is 32.2. The summed E-state index contributed by atoms with van der Waals surface area (Å²) in [6, 6.07) is 57.6. The molecule has 0 heterocycles.